The lowest BCUT2D eigenvalue weighted by Gasteiger charge is -2.14. The number of halogens is 1. The Bertz CT molecular complexity index is 532. The second-order valence-corrected chi connectivity index (χ2v) is 7.19. The topological polar surface area (TPSA) is 66.4 Å². The predicted octanol–water partition coefficient (Wildman–Crippen LogP) is 0.883. The monoisotopic (exact) mass is 287 g/mol. The summed E-state index contributed by atoms with van der Waals surface area (Å²) in [6.07, 6.45) is -0.260. The number of rotatable bonds is 5. The van der Waals surface area contributed by atoms with Crippen LogP contribution >= 0.6 is 0 Å². The number of aliphatic hydroxyl groups is 1. The van der Waals surface area contributed by atoms with Gasteiger partial charge in [0.05, 0.1) is 17.6 Å². The molecule has 0 radical (unpaired) electrons. The molecule has 0 spiro atoms. The number of hydrogen-bond donors (Lipinski definition) is 2. The molecule has 0 amide bonds. The molecule has 0 aliphatic carbocycles. The molecule has 0 saturated carbocycles. The maximum Gasteiger partial charge on any atom is 0.150 e. The van der Waals surface area contributed by atoms with E-state index in [-0.39, 0.29) is 29.5 Å². The van der Waals surface area contributed by atoms with Gasteiger partial charge in [-0.25, -0.2) is 12.8 Å². The fourth-order valence-corrected chi connectivity index (χ4v) is 4.17. The van der Waals surface area contributed by atoms with Gasteiger partial charge in [-0.3, -0.25) is 0 Å². The van der Waals surface area contributed by atoms with E-state index in [0.29, 0.717) is 13.0 Å². The van der Waals surface area contributed by atoms with Crippen LogP contribution in [0, 0.1) is 11.7 Å². The van der Waals surface area contributed by atoms with Crippen molar-refractivity contribution < 1.29 is 17.9 Å². The summed E-state index contributed by atoms with van der Waals surface area (Å²) < 4.78 is 36.0. The van der Waals surface area contributed by atoms with E-state index in [2.05, 4.69) is 5.32 Å². The summed E-state index contributed by atoms with van der Waals surface area (Å²) in [5.74, 6) is 0.114. The van der Waals surface area contributed by atoms with Crippen molar-refractivity contribution in [1.29, 1.82) is 0 Å². The molecule has 1 aromatic carbocycles. The largest absolute Gasteiger partial charge is 0.387 e. The lowest BCUT2D eigenvalue weighted by molar-refractivity contribution is 0.168. The summed E-state index contributed by atoms with van der Waals surface area (Å²) in [6, 6.07) is 6.09. The van der Waals surface area contributed by atoms with Crippen LogP contribution in [0.15, 0.2) is 24.3 Å². The number of benzene rings is 1. The van der Waals surface area contributed by atoms with E-state index in [1.807, 2.05) is 0 Å². The van der Waals surface area contributed by atoms with E-state index in [4.69, 9.17) is 0 Å². The highest BCUT2D eigenvalue weighted by Crippen LogP contribution is 2.18. The van der Waals surface area contributed by atoms with Crippen molar-refractivity contribution in [3.05, 3.63) is 35.6 Å². The molecule has 0 bridgehead atoms. The van der Waals surface area contributed by atoms with Gasteiger partial charge in [-0.15, -0.1) is 0 Å². The third-order valence-electron chi connectivity index (χ3n) is 3.36. The fraction of sp³-hybridized carbons (Fsp3) is 0.538. The minimum absolute atomic E-state index is 0.0952. The van der Waals surface area contributed by atoms with Crippen LogP contribution in [0.5, 0.6) is 0 Å². The zero-order valence-electron chi connectivity index (χ0n) is 10.5. The summed E-state index contributed by atoms with van der Waals surface area (Å²) in [5, 5.41) is 12.9. The maximum absolute atomic E-state index is 13.4. The van der Waals surface area contributed by atoms with Crippen molar-refractivity contribution in [3.8, 4) is 0 Å². The number of hydrogen-bond acceptors (Lipinski definition) is 4. The molecule has 0 aromatic heterocycles. The highest BCUT2D eigenvalue weighted by molar-refractivity contribution is 7.91. The summed E-state index contributed by atoms with van der Waals surface area (Å²) in [5.41, 5.74) is 0.258. The Morgan fingerprint density at radius 1 is 1.42 bits per heavy atom. The third kappa shape index (κ3) is 3.99. The van der Waals surface area contributed by atoms with Gasteiger partial charge in [0.1, 0.15) is 5.82 Å². The van der Waals surface area contributed by atoms with Crippen LogP contribution in [0.3, 0.4) is 0 Å². The molecule has 106 valence electrons. The highest BCUT2D eigenvalue weighted by Gasteiger charge is 2.27. The van der Waals surface area contributed by atoms with Gasteiger partial charge in [-0.1, -0.05) is 18.2 Å². The van der Waals surface area contributed by atoms with Gasteiger partial charge in [0.25, 0.3) is 0 Å². The Labute approximate surface area is 112 Å². The van der Waals surface area contributed by atoms with Crippen molar-refractivity contribution >= 4 is 9.84 Å². The summed E-state index contributed by atoms with van der Waals surface area (Å²) in [7, 11) is -2.87. The van der Waals surface area contributed by atoms with E-state index in [9.17, 15) is 17.9 Å². The molecule has 2 atom stereocenters. The smallest absolute Gasteiger partial charge is 0.150 e. The Morgan fingerprint density at radius 2 is 2.16 bits per heavy atom. The van der Waals surface area contributed by atoms with Gasteiger partial charge in [0.15, 0.2) is 9.84 Å². The fourth-order valence-electron chi connectivity index (χ4n) is 2.31. The molecule has 6 heteroatoms. The first-order valence-electron chi connectivity index (χ1n) is 6.31. The zero-order valence-corrected chi connectivity index (χ0v) is 11.4. The van der Waals surface area contributed by atoms with E-state index in [1.54, 1.807) is 18.2 Å². The first kappa shape index (κ1) is 14.4. The van der Waals surface area contributed by atoms with Crippen LogP contribution in [-0.4, -0.2) is 38.1 Å². The second kappa shape index (κ2) is 5.98. The lowest BCUT2D eigenvalue weighted by Crippen LogP contribution is -2.28. The molecular weight excluding hydrogens is 269 g/mol. The van der Waals surface area contributed by atoms with Gasteiger partial charge >= 0.3 is 0 Å². The van der Waals surface area contributed by atoms with Crippen molar-refractivity contribution in [2.24, 2.45) is 5.92 Å². The Kier molecular flexibility index (Phi) is 4.54. The van der Waals surface area contributed by atoms with Gasteiger partial charge in [-0.05, 0) is 24.9 Å². The normalized spacial score (nSPS) is 23.4. The maximum atomic E-state index is 13.4. The second-order valence-electron chi connectivity index (χ2n) is 4.96. The van der Waals surface area contributed by atoms with Crippen molar-refractivity contribution in [2.75, 3.05) is 24.6 Å². The van der Waals surface area contributed by atoms with Crippen LogP contribution in [0.2, 0.25) is 0 Å². The highest BCUT2D eigenvalue weighted by atomic mass is 32.2. The Balaban J connectivity index is 1.79. The zero-order chi connectivity index (χ0) is 13.9. The van der Waals surface area contributed by atoms with Gasteiger partial charge in [0.2, 0.25) is 0 Å². The summed E-state index contributed by atoms with van der Waals surface area (Å²) in [6.45, 7) is 0.752. The van der Waals surface area contributed by atoms with Crippen molar-refractivity contribution in [2.45, 2.75) is 12.5 Å². The molecular formula is C13H18FNO3S. The molecule has 4 nitrogen and oxygen atoms in total. The van der Waals surface area contributed by atoms with Crippen LogP contribution in [0.1, 0.15) is 18.1 Å². The summed E-state index contributed by atoms with van der Waals surface area (Å²) >= 11 is 0. The third-order valence-corrected chi connectivity index (χ3v) is 5.20. The van der Waals surface area contributed by atoms with Gasteiger partial charge in [0, 0.05) is 12.1 Å². The first-order chi connectivity index (χ1) is 8.98. The molecule has 2 N–H and O–H groups in total. The van der Waals surface area contributed by atoms with E-state index >= 15 is 0 Å². The minimum atomic E-state index is -2.87. The van der Waals surface area contributed by atoms with Crippen LogP contribution in [-0.2, 0) is 9.84 Å². The van der Waals surface area contributed by atoms with Crippen LogP contribution in [0.25, 0.3) is 0 Å². The Hall–Kier alpha value is -0.980. The summed E-state index contributed by atoms with van der Waals surface area (Å²) in [4.78, 5) is 0. The molecule has 1 aromatic rings. The molecule has 1 saturated heterocycles. The Morgan fingerprint density at radius 3 is 2.79 bits per heavy atom. The molecule has 2 rings (SSSR count). The SMILES string of the molecule is O=S1(=O)CCC(CNCC(O)c2ccccc2F)C1. The van der Waals surface area contributed by atoms with Crippen molar-refractivity contribution in [3.63, 3.8) is 0 Å². The standard InChI is InChI=1S/C13H18FNO3S/c14-12-4-2-1-3-11(12)13(16)8-15-7-10-5-6-19(17,18)9-10/h1-4,10,13,15-16H,5-9H2. The molecule has 1 heterocycles. The van der Waals surface area contributed by atoms with Gasteiger partial charge < -0.3 is 10.4 Å². The number of aliphatic hydroxyl groups excluding tert-OH is 1. The van der Waals surface area contributed by atoms with Crippen LogP contribution < -0.4 is 5.32 Å². The average molecular weight is 287 g/mol. The molecule has 1 aliphatic rings. The van der Waals surface area contributed by atoms with Crippen LogP contribution in [0.4, 0.5) is 4.39 Å². The van der Waals surface area contributed by atoms with Crippen molar-refractivity contribution in [1.82, 2.24) is 5.32 Å². The number of nitrogens with one attached hydrogen (secondary N) is 1. The average Bonchev–Trinajstić information content (AvgIpc) is 2.69. The number of sulfone groups is 1. The first-order valence-corrected chi connectivity index (χ1v) is 8.14. The van der Waals surface area contributed by atoms with E-state index in [1.165, 1.54) is 6.07 Å². The molecule has 1 fully saturated rings. The molecule has 2 unspecified atom stereocenters. The van der Waals surface area contributed by atoms with E-state index < -0.39 is 21.8 Å². The lowest BCUT2D eigenvalue weighted by atomic mass is 10.1. The predicted molar refractivity (Wildman–Crippen MR) is 71.0 cm³/mol. The van der Waals surface area contributed by atoms with Gasteiger partial charge in [-0.2, -0.15) is 0 Å². The molecule has 1 aliphatic heterocycles. The molecule has 19 heavy (non-hydrogen) atoms. The van der Waals surface area contributed by atoms with E-state index in [0.717, 1.165) is 0 Å². The minimum Gasteiger partial charge on any atom is -0.387 e. The quantitative estimate of drug-likeness (QED) is 0.844.